The van der Waals surface area contributed by atoms with Crippen molar-refractivity contribution in [3.63, 3.8) is 0 Å². The van der Waals surface area contributed by atoms with Crippen LogP contribution in [0.15, 0.2) is 52.0 Å². The van der Waals surface area contributed by atoms with Crippen molar-refractivity contribution in [3.8, 4) is 5.75 Å². The van der Waals surface area contributed by atoms with Gasteiger partial charge < -0.3 is 37.9 Å². The van der Waals surface area contributed by atoms with Crippen molar-refractivity contribution in [2.45, 2.75) is 64.7 Å². The number of nitrogens with two attached hydrogens (primary N) is 4. The smallest absolute Gasteiger partial charge is 0.249 e. The number of benzene rings is 2. The molecular weight excluding hydrogens is 548 g/mol. The maximum absolute atomic E-state index is 14.4. The molecule has 1 heterocycles. The maximum Gasteiger partial charge on any atom is 0.249 e. The van der Waals surface area contributed by atoms with Gasteiger partial charge >= 0.3 is 0 Å². The Labute approximate surface area is 263 Å². The molecule has 3 atom stereocenters. The number of primary amides is 1. The number of rotatable bonds is 17. The number of aromatic nitrogens is 2. The molecule has 43 heavy (non-hydrogen) atoms. The van der Waals surface area contributed by atoms with Crippen LogP contribution in [0.1, 0.15) is 82.9 Å². The lowest BCUT2D eigenvalue weighted by Crippen LogP contribution is -2.43. The van der Waals surface area contributed by atoms with Crippen molar-refractivity contribution in [1.29, 1.82) is 0 Å². The molecule has 0 saturated heterocycles. The summed E-state index contributed by atoms with van der Waals surface area (Å²) in [5, 5.41) is 16.4. The van der Waals surface area contributed by atoms with Crippen LogP contribution < -0.4 is 28.3 Å². The van der Waals surface area contributed by atoms with Crippen molar-refractivity contribution in [1.82, 2.24) is 15.5 Å². The molecule has 2 amide bonds. The number of hydrogen-bond acceptors (Lipinski definition) is 8. The number of carbonyl (C=O) groups excluding carboxylic acids is 2. The highest BCUT2D eigenvalue weighted by molar-refractivity contribution is 5.87. The Bertz CT molecular complexity index is 1690. The molecule has 0 fully saturated rings. The number of aromatic hydroxyl groups is 1. The molecule has 0 aliphatic heterocycles. The second-order valence-corrected chi connectivity index (χ2v) is 10.0. The number of carbonyl (C=O) groups is 2. The number of amides is 2. The fraction of sp³-hybridized carbons (Fsp3) is 0.452. The molecule has 12 heteroatoms. The monoisotopic (exact) mass is 600 g/mol. The maximum atomic E-state index is 14.4. The third-order valence-corrected chi connectivity index (χ3v) is 6.83. The van der Waals surface area contributed by atoms with Gasteiger partial charge in [0, 0.05) is 29.8 Å². The second-order valence-electron chi connectivity index (χ2n) is 10.0. The molecule has 2 aromatic carbocycles. The van der Waals surface area contributed by atoms with Gasteiger partial charge in [-0.1, -0.05) is 35.5 Å². The predicted molar refractivity (Wildman–Crippen MR) is 165 cm³/mol. The topological polar surface area (TPSA) is 222 Å². The van der Waals surface area contributed by atoms with Crippen molar-refractivity contribution < 1.29 is 30.2 Å². The lowest BCUT2D eigenvalue weighted by Gasteiger charge is -2.27. The highest BCUT2D eigenvalue weighted by Crippen LogP contribution is 2.30. The van der Waals surface area contributed by atoms with E-state index >= 15 is 0 Å². The number of nitrogens with zero attached hydrogens (tertiary/aromatic N) is 3. The van der Waals surface area contributed by atoms with Crippen LogP contribution in [0.3, 0.4) is 0 Å². The van der Waals surface area contributed by atoms with Crippen molar-refractivity contribution in [3.05, 3.63) is 76.4 Å². The Morgan fingerprint density at radius 2 is 1.79 bits per heavy atom. The summed E-state index contributed by atoms with van der Waals surface area (Å²) in [5.74, 6) is -5.33. The van der Waals surface area contributed by atoms with Gasteiger partial charge in [-0.05, 0) is 93.1 Å². The molecule has 0 saturated carbocycles. The van der Waals surface area contributed by atoms with Gasteiger partial charge in [0.25, 0.3) is 0 Å². The molecule has 3 aromatic rings. The molecule has 10 N–H and O–H groups in total. The lowest BCUT2D eigenvalue weighted by molar-refractivity contribution is -0.134. The van der Waals surface area contributed by atoms with E-state index in [1.54, 1.807) is 44.2 Å². The fourth-order valence-corrected chi connectivity index (χ4v) is 4.78. The number of nitrogens with one attached hydrogen (secondary N) is 1. The van der Waals surface area contributed by atoms with Gasteiger partial charge in [-0.2, -0.15) is 4.98 Å². The summed E-state index contributed by atoms with van der Waals surface area (Å²) in [7, 11) is 0. The molecular formula is C31H44N8O4. The Balaban J connectivity index is 2.17. The van der Waals surface area contributed by atoms with Gasteiger partial charge in [0.1, 0.15) is 11.8 Å². The molecule has 232 valence electrons. The summed E-state index contributed by atoms with van der Waals surface area (Å²) >= 11 is 0. The van der Waals surface area contributed by atoms with Gasteiger partial charge in [-0.3, -0.25) is 14.6 Å². The molecule has 1 unspecified atom stereocenters. The van der Waals surface area contributed by atoms with E-state index in [0.29, 0.717) is 16.7 Å². The molecule has 0 bridgehead atoms. The number of phenols is 1. The summed E-state index contributed by atoms with van der Waals surface area (Å²) in [4.78, 5) is 35.5. The van der Waals surface area contributed by atoms with E-state index in [1.807, 2.05) is 0 Å². The third-order valence-electron chi connectivity index (χ3n) is 6.83. The number of phenolic OH excluding ortho intramolecular Hbond substituents is 1. The summed E-state index contributed by atoms with van der Waals surface area (Å²) in [6.07, 6.45) is -10.8. The molecule has 0 aliphatic rings. The van der Waals surface area contributed by atoms with E-state index in [4.69, 9.17) is 38.4 Å². The molecule has 3 rings (SSSR count). The van der Waals surface area contributed by atoms with Gasteiger partial charge in [-0.25, -0.2) is 0 Å². The third kappa shape index (κ3) is 10.1. The van der Waals surface area contributed by atoms with Crippen molar-refractivity contribution in [2.24, 2.45) is 39.8 Å². The van der Waals surface area contributed by atoms with E-state index in [0.717, 1.165) is 5.56 Å². The average Bonchev–Trinajstić information content (AvgIpc) is 3.47. The Morgan fingerprint density at radius 1 is 1.09 bits per heavy atom. The zero-order valence-electron chi connectivity index (χ0n) is 32.1. The zero-order valence-corrected chi connectivity index (χ0v) is 24.1. The highest BCUT2D eigenvalue weighted by atomic mass is 16.5. The zero-order chi connectivity index (χ0) is 38.5. The summed E-state index contributed by atoms with van der Waals surface area (Å²) < 4.78 is 72.4. The minimum absolute atomic E-state index is 0.00350. The SMILES string of the molecule is [2H]C([2H])(N)C([2H])([2H])C([2H])([2H])C([2H])([2H])[C@H](NC(=O)[C@@H](Cc1c(C)cc(O)cc1C)C(CCCN=C(N)N)C(N)=O)c1nc(Cc2ccccc2)no1. The van der Waals surface area contributed by atoms with E-state index in [1.165, 1.54) is 12.1 Å². The minimum atomic E-state index is -3.76. The Morgan fingerprint density at radius 3 is 2.42 bits per heavy atom. The first-order valence-corrected chi connectivity index (χ1v) is 13.6. The summed E-state index contributed by atoms with van der Waals surface area (Å²) in [6, 6.07) is 9.52. The summed E-state index contributed by atoms with van der Waals surface area (Å²) in [5.41, 5.74) is 24.5. The molecule has 0 spiro atoms. The average molecular weight is 601 g/mol. The van der Waals surface area contributed by atoms with Crippen LogP contribution in [0, 0.1) is 25.7 Å². The first kappa shape index (κ1) is 23.1. The first-order valence-electron chi connectivity index (χ1n) is 17.6. The largest absolute Gasteiger partial charge is 0.508 e. The molecule has 0 radical (unpaired) electrons. The number of aliphatic imine (C=N–C) groups is 1. The van der Waals surface area contributed by atoms with E-state index in [-0.39, 0.29) is 49.8 Å². The van der Waals surface area contributed by atoms with Gasteiger partial charge in [0.2, 0.25) is 17.7 Å². The lowest BCUT2D eigenvalue weighted by atomic mass is 9.80. The van der Waals surface area contributed by atoms with Gasteiger partial charge in [-0.15, -0.1) is 0 Å². The molecule has 1 aromatic heterocycles. The predicted octanol–water partition coefficient (Wildman–Crippen LogP) is 2.28. The van der Waals surface area contributed by atoms with Gasteiger partial charge in [0.15, 0.2) is 11.8 Å². The van der Waals surface area contributed by atoms with E-state index in [9.17, 15) is 14.7 Å². The first-order chi connectivity index (χ1) is 23.5. The standard InChI is InChI=1S/C31H44N8O4/c1-19-15-22(40)16-20(2)24(19)18-25(23(28(33)41)11-8-14-36-31(34)35)29(42)37-26(12-6-7-13-32)30-38-27(39-43-30)17-21-9-4-3-5-10-21/h3-5,9-10,15-16,23,25-26,40H,6-8,11-14,17-18,32H2,1-2H3,(H2,33,41)(H,37,42)(H4,34,35,36)/t23?,25-,26-/m0/s1/i6D2,7D2,12D2,13D2. The van der Waals surface area contributed by atoms with Crippen LogP contribution in [-0.2, 0) is 22.4 Å². The van der Waals surface area contributed by atoms with Gasteiger partial charge in [0.05, 0.1) is 5.92 Å². The number of hydrogen-bond donors (Lipinski definition) is 6. The fourth-order valence-electron chi connectivity index (χ4n) is 4.78. The van der Waals surface area contributed by atoms with Crippen LogP contribution in [-0.4, -0.2) is 46.1 Å². The van der Waals surface area contributed by atoms with Crippen LogP contribution in [0.4, 0.5) is 0 Å². The second kappa shape index (κ2) is 16.3. The van der Waals surface area contributed by atoms with Crippen LogP contribution in [0.5, 0.6) is 5.75 Å². The Hall–Kier alpha value is -4.45. The van der Waals surface area contributed by atoms with E-state index < -0.39 is 61.2 Å². The number of aryl methyl sites for hydroxylation is 2. The molecule has 0 aliphatic carbocycles. The number of guanidine groups is 1. The van der Waals surface area contributed by atoms with Crippen molar-refractivity contribution >= 4 is 17.8 Å². The molecule has 12 nitrogen and oxygen atoms in total. The minimum Gasteiger partial charge on any atom is -0.508 e. The van der Waals surface area contributed by atoms with Crippen LogP contribution in [0.25, 0.3) is 0 Å². The van der Waals surface area contributed by atoms with Crippen molar-refractivity contribution in [2.75, 3.05) is 13.0 Å². The normalized spacial score (nSPS) is 17.3. The highest BCUT2D eigenvalue weighted by Gasteiger charge is 2.35. The van der Waals surface area contributed by atoms with Crippen LogP contribution >= 0.6 is 0 Å². The summed E-state index contributed by atoms with van der Waals surface area (Å²) in [6.45, 7) is 0.0568. The van der Waals surface area contributed by atoms with Crippen LogP contribution in [0.2, 0.25) is 0 Å². The Kier molecular flexibility index (Phi) is 8.72. The quantitative estimate of drug-likeness (QED) is 0.0758. The van der Waals surface area contributed by atoms with E-state index in [2.05, 4.69) is 20.4 Å².